The molecule has 19 aromatic carbocycles. The number of nitrogens with zero attached hydrogens (tertiary/aromatic N) is 2. The van der Waals surface area contributed by atoms with Crippen molar-refractivity contribution in [2.24, 2.45) is 0 Å². The molecule has 125 heavy (non-hydrogen) atoms. The number of benzene rings is 19. The van der Waals surface area contributed by atoms with Gasteiger partial charge in [-0.05, 0) is 309 Å². The third-order valence-corrected chi connectivity index (χ3v) is 26.3. The van der Waals surface area contributed by atoms with Crippen molar-refractivity contribution in [1.82, 2.24) is 0 Å². The largest absolute Gasteiger partial charge is 0.457 e. The summed E-state index contributed by atoms with van der Waals surface area (Å²) in [6.45, 7) is 7.90. The van der Waals surface area contributed by atoms with Gasteiger partial charge in [0.2, 0.25) is 0 Å². The van der Waals surface area contributed by atoms with Crippen LogP contribution in [0.1, 0.15) is 55.6 Å². The zero-order chi connectivity index (χ0) is 83.7. The minimum absolute atomic E-state index is 0.307. The van der Waals surface area contributed by atoms with E-state index in [1.54, 1.807) is 35.6 Å². The van der Waals surface area contributed by atoms with E-state index in [1.165, 1.54) is 4.70 Å². The summed E-state index contributed by atoms with van der Waals surface area (Å²) in [5.74, 6) is 2.21. The summed E-state index contributed by atoms with van der Waals surface area (Å²) in [6.07, 6.45) is 3.65. The van der Waals surface area contributed by atoms with Crippen molar-refractivity contribution in [3.8, 4) is 89.8 Å². The highest BCUT2D eigenvalue weighted by Crippen LogP contribution is 2.60. The van der Waals surface area contributed by atoms with Crippen LogP contribution in [-0.2, 0) is 10.8 Å². The molecule has 0 saturated carbocycles. The number of hydrogen-bond donors (Lipinski definition) is 0. The van der Waals surface area contributed by atoms with Crippen molar-refractivity contribution in [3.05, 3.63) is 517 Å². The van der Waals surface area contributed by atoms with Crippen LogP contribution in [0.5, 0.6) is 23.0 Å². The molecule has 22 rings (SSSR count). The molecule has 20 aromatic rings. The topological polar surface area (TPSA) is 24.9 Å². The van der Waals surface area contributed by atoms with E-state index >= 15 is 8.78 Å². The number of ether oxygens (including phenoxy) is 2. The van der Waals surface area contributed by atoms with E-state index < -0.39 is 10.8 Å². The van der Waals surface area contributed by atoms with Crippen molar-refractivity contribution in [3.63, 3.8) is 0 Å². The van der Waals surface area contributed by atoms with Gasteiger partial charge in [-0.1, -0.05) is 286 Å². The Hall–Kier alpha value is -15.8. The summed E-state index contributed by atoms with van der Waals surface area (Å²) >= 11 is 1.80. The van der Waals surface area contributed by atoms with Crippen LogP contribution in [0.4, 0.5) is 42.9 Å². The number of thiophene rings is 1. The molecule has 0 radical (unpaired) electrons. The van der Waals surface area contributed by atoms with Gasteiger partial charge in [0.1, 0.15) is 34.6 Å². The highest BCUT2D eigenvalue weighted by molar-refractivity contribution is 7.25. The second-order valence-electron chi connectivity index (χ2n) is 32.2. The Morgan fingerprint density at radius 2 is 0.576 bits per heavy atom. The first-order valence-corrected chi connectivity index (χ1v) is 43.0. The van der Waals surface area contributed by atoms with Crippen LogP contribution in [0, 0.1) is 11.6 Å². The Morgan fingerprint density at radius 3 is 1.01 bits per heavy atom. The summed E-state index contributed by atoms with van der Waals surface area (Å²) in [4.78, 5) is 4.79. The van der Waals surface area contributed by atoms with Gasteiger partial charge in [0.05, 0.1) is 10.8 Å². The summed E-state index contributed by atoms with van der Waals surface area (Å²) < 4.78 is 46.4. The Morgan fingerprint density at radius 1 is 0.240 bits per heavy atom. The fourth-order valence-corrected chi connectivity index (χ4v) is 20.4. The summed E-state index contributed by atoms with van der Waals surface area (Å²) in [5, 5.41) is 4.46. The van der Waals surface area contributed by atoms with Crippen LogP contribution >= 0.6 is 11.3 Å². The van der Waals surface area contributed by atoms with Gasteiger partial charge in [-0.3, -0.25) is 0 Å². The van der Waals surface area contributed by atoms with Crippen LogP contribution in [0.3, 0.4) is 0 Å². The van der Waals surface area contributed by atoms with Gasteiger partial charge in [-0.25, -0.2) is 8.78 Å². The molecule has 0 spiro atoms. The summed E-state index contributed by atoms with van der Waals surface area (Å²) in [6, 6.07) is 153. The standard InChI is InChI=1S/C118H78F2N2O2S/c1-3-77-29-58-101(59-30-77)123-103-62-42-91(43-63-103)117(89-38-46-93(119)47-39-89)111-27-13-11-25-105(111)107-66-55-99(75-113(107)117)121(95-50-33-81(34-51-95)85-23-15-21-83(69-85)79-17-7-5-8-18-79)97-54-37-87-73-116-109(72-88(87)71-97)110-74-98(57-68-115(110)125-116)122(96-52-35-82(36-53-96)86-24-16-22-84(70-86)80-19-9-6-10-20-80)100-56-67-108-106-26-12-14-28-112(106)118(114(108)76-100,90-40-48-94(120)49-41-90)92-44-64-104(65-45-92)124-102-60-31-78(4-2)32-61-102/h3-76H,1-2H2. The molecule has 7 heteroatoms. The Balaban J connectivity index is 0.699. The Labute approximate surface area is 729 Å². The minimum Gasteiger partial charge on any atom is -0.457 e. The number of halogens is 2. The van der Waals surface area contributed by atoms with Crippen molar-refractivity contribution in [1.29, 1.82) is 0 Å². The van der Waals surface area contributed by atoms with Gasteiger partial charge in [-0.15, -0.1) is 11.3 Å². The lowest BCUT2D eigenvalue weighted by Crippen LogP contribution is -2.28. The molecule has 4 nitrogen and oxygen atoms in total. The summed E-state index contributed by atoms with van der Waals surface area (Å²) in [5.41, 5.74) is 27.7. The lowest BCUT2D eigenvalue weighted by Gasteiger charge is -2.35. The second kappa shape index (κ2) is 31.3. The van der Waals surface area contributed by atoms with Gasteiger partial charge in [0.25, 0.3) is 0 Å². The molecule has 0 aliphatic heterocycles. The average Bonchev–Trinajstić information content (AvgIpc) is 1.54. The van der Waals surface area contributed by atoms with Gasteiger partial charge in [0, 0.05) is 54.3 Å². The molecule has 1 heterocycles. The molecule has 2 atom stereocenters. The van der Waals surface area contributed by atoms with Crippen molar-refractivity contribution in [2.45, 2.75) is 10.8 Å². The predicted molar refractivity (Wildman–Crippen MR) is 516 cm³/mol. The predicted octanol–water partition coefficient (Wildman–Crippen LogP) is 32.7. The molecule has 2 unspecified atom stereocenters. The SMILES string of the molecule is C=Cc1ccc(Oc2ccc(C3(c4ccc(F)cc4)c4ccccc4-c4ccc(N(c5ccc(-c6cccc(-c7ccccc7)c6)cc5)c5ccc6cc7sc8ccc(N(c9ccc(-c%10cccc(-c%11ccccc%11)c%10)cc9)c9ccc%10c(c9)C(c9ccc(F)cc9)(c9ccc(Oc%11ccc(C=C)cc%11)cc9)c9ccccc9-%10)cc8c7cc6c5)cc43)cc2)cc1. The third kappa shape index (κ3) is 13.4. The van der Waals surface area contributed by atoms with E-state index in [2.05, 4.69) is 338 Å². The van der Waals surface area contributed by atoms with Crippen LogP contribution in [0.25, 0.3) is 110 Å². The molecule has 2 aliphatic rings. The van der Waals surface area contributed by atoms with Crippen LogP contribution in [0.15, 0.2) is 450 Å². The fourth-order valence-electron chi connectivity index (χ4n) is 19.2. The average molecular weight is 1630 g/mol. The Bertz CT molecular complexity index is 7540. The molecule has 0 amide bonds. The molecular formula is C118H78F2N2O2S. The number of fused-ring (bicyclic) bond motifs is 10. The second-order valence-corrected chi connectivity index (χ2v) is 33.3. The first kappa shape index (κ1) is 75.4. The molecule has 0 N–H and O–H groups in total. The maximum absolute atomic E-state index is 15.5. The van der Waals surface area contributed by atoms with Gasteiger partial charge in [0.15, 0.2) is 0 Å². The zero-order valence-corrected chi connectivity index (χ0v) is 68.8. The number of anilines is 6. The van der Waals surface area contributed by atoms with E-state index in [4.69, 9.17) is 9.47 Å². The third-order valence-electron chi connectivity index (χ3n) is 25.2. The molecule has 1 aromatic heterocycles. The van der Waals surface area contributed by atoms with Crippen LogP contribution < -0.4 is 19.3 Å². The molecular weight excluding hydrogens is 1550 g/mol. The highest BCUT2D eigenvalue weighted by atomic mass is 32.1. The molecule has 0 saturated heterocycles. The van der Waals surface area contributed by atoms with Crippen LogP contribution in [0.2, 0.25) is 0 Å². The smallest absolute Gasteiger partial charge is 0.127 e. The fraction of sp³-hybridized carbons (Fsp3) is 0.0169. The summed E-state index contributed by atoms with van der Waals surface area (Å²) in [7, 11) is 0. The van der Waals surface area contributed by atoms with E-state index in [1.807, 2.05) is 109 Å². The molecule has 0 fully saturated rings. The number of rotatable bonds is 20. The van der Waals surface area contributed by atoms with Crippen LogP contribution in [-0.4, -0.2) is 0 Å². The van der Waals surface area contributed by atoms with Crippen molar-refractivity contribution in [2.75, 3.05) is 9.80 Å². The zero-order valence-electron chi connectivity index (χ0n) is 68.0. The van der Waals surface area contributed by atoms with E-state index in [-0.39, 0.29) is 11.6 Å². The van der Waals surface area contributed by atoms with E-state index in [0.717, 1.165) is 194 Å². The van der Waals surface area contributed by atoms with Gasteiger partial charge >= 0.3 is 0 Å². The van der Waals surface area contributed by atoms with Gasteiger partial charge < -0.3 is 19.3 Å². The Kier molecular flexibility index (Phi) is 18.9. The van der Waals surface area contributed by atoms with Crippen molar-refractivity contribution < 1.29 is 18.3 Å². The molecule has 2 aliphatic carbocycles. The van der Waals surface area contributed by atoms with E-state index in [9.17, 15) is 0 Å². The lowest BCUT2D eigenvalue weighted by atomic mass is 9.67. The quantitative estimate of drug-likeness (QED) is 0.0759. The monoisotopic (exact) mass is 1620 g/mol. The van der Waals surface area contributed by atoms with E-state index in [0.29, 0.717) is 11.5 Å². The maximum atomic E-state index is 15.5. The maximum Gasteiger partial charge on any atom is 0.127 e. The molecule has 592 valence electrons. The number of hydrogen-bond acceptors (Lipinski definition) is 5. The highest BCUT2D eigenvalue weighted by Gasteiger charge is 2.48. The first-order valence-electron chi connectivity index (χ1n) is 42.1. The minimum atomic E-state index is -0.897. The van der Waals surface area contributed by atoms with Crippen molar-refractivity contribution >= 4 is 88.6 Å². The van der Waals surface area contributed by atoms with Gasteiger partial charge in [-0.2, -0.15) is 0 Å². The molecule has 0 bridgehead atoms. The first-order chi connectivity index (χ1) is 61.6. The normalized spacial score (nSPS) is 14.1. The lowest BCUT2D eigenvalue weighted by molar-refractivity contribution is 0.482.